The van der Waals surface area contributed by atoms with E-state index in [2.05, 4.69) is 27.2 Å². The zero-order chi connectivity index (χ0) is 8.69. The van der Waals surface area contributed by atoms with Crippen LogP contribution in [0.25, 0.3) is 0 Å². The molecule has 0 heterocycles. The van der Waals surface area contributed by atoms with Gasteiger partial charge in [-0.1, -0.05) is 22.5 Å². The Morgan fingerprint density at radius 3 is 2.82 bits per heavy atom. The molecule has 0 atom stereocenters. The monoisotopic (exact) mass is 217 g/mol. The first-order chi connectivity index (χ1) is 5.22. The largest absolute Gasteiger partial charge is 0.461 e. The van der Waals surface area contributed by atoms with E-state index in [-0.39, 0.29) is 13.0 Å². The average Bonchev–Trinajstić information content (AvgIpc) is 2.03. The van der Waals surface area contributed by atoms with Gasteiger partial charge in [0.25, 0.3) is 0 Å². The van der Waals surface area contributed by atoms with Gasteiger partial charge in [0.1, 0.15) is 6.61 Å². The Kier molecular flexibility index (Phi) is 5.49. The zero-order valence-corrected chi connectivity index (χ0v) is 7.56. The van der Waals surface area contributed by atoms with Crippen LogP contribution in [0.2, 0.25) is 0 Å². The molecule has 0 aromatic carbocycles. The number of hydrogen-bond acceptors (Lipinski definition) is 3. The summed E-state index contributed by atoms with van der Waals surface area (Å²) in [5, 5.41) is 8.50. The van der Waals surface area contributed by atoms with E-state index in [0.29, 0.717) is 10.9 Å². The minimum Gasteiger partial charge on any atom is -0.461 e. The molecule has 0 bridgehead atoms. The highest BCUT2D eigenvalue weighted by atomic mass is 79.9. The first-order valence-corrected chi connectivity index (χ1v) is 4.12. The minimum atomic E-state index is -0.447. The molecular weight excluding hydrogens is 210 g/mol. The van der Waals surface area contributed by atoms with Crippen LogP contribution < -0.4 is 0 Å². The van der Waals surface area contributed by atoms with Crippen LogP contribution in [0.5, 0.6) is 0 Å². The lowest BCUT2D eigenvalue weighted by Gasteiger charge is -2.00. The third kappa shape index (κ3) is 4.57. The van der Waals surface area contributed by atoms with Gasteiger partial charge in [-0.05, 0) is 0 Å². The molecule has 3 nitrogen and oxygen atoms in total. The second kappa shape index (κ2) is 5.93. The summed E-state index contributed by atoms with van der Waals surface area (Å²) in [6, 6.07) is 1.86. The summed E-state index contributed by atoms with van der Waals surface area (Å²) < 4.78 is 4.64. The standard InChI is InChI=1S/C7H8BrNO2/c1-6(5-8)7(10)11-4-2-3-9/h1-2,4-5H2. The van der Waals surface area contributed by atoms with Gasteiger partial charge in [-0.25, -0.2) is 4.79 Å². The van der Waals surface area contributed by atoms with Crippen LogP contribution >= 0.6 is 15.9 Å². The molecule has 0 radical (unpaired) electrons. The lowest BCUT2D eigenvalue weighted by molar-refractivity contribution is -0.138. The van der Waals surface area contributed by atoms with Gasteiger partial charge in [0.15, 0.2) is 0 Å². The van der Waals surface area contributed by atoms with Crippen LogP contribution in [-0.4, -0.2) is 17.9 Å². The molecule has 0 spiro atoms. The Morgan fingerprint density at radius 2 is 2.36 bits per heavy atom. The van der Waals surface area contributed by atoms with Crippen LogP contribution in [-0.2, 0) is 9.53 Å². The summed E-state index contributed by atoms with van der Waals surface area (Å²) in [5.74, 6) is -0.447. The first kappa shape index (κ1) is 10.2. The van der Waals surface area contributed by atoms with Gasteiger partial charge in [-0.15, -0.1) is 0 Å². The van der Waals surface area contributed by atoms with Crippen molar-refractivity contribution in [3.05, 3.63) is 12.2 Å². The van der Waals surface area contributed by atoms with Crippen molar-refractivity contribution < 1.29 is 9.53 Å². The number of nitriles is 1. The number of carbonyl (C=O) groups excluding carboxylic acids is 1. The van der Waals surface area contributed by atoms with Crippen molar-refractivity contribution in [2.75, 3.05) is 11.9 Å². The van der Waals surface area contributed by atoms with Gasteiger partial charge >= 0.3 is 5.97 Å². The van der Waals surface area contributed by atoms with Crippen molar-refractivity contribution in [2.24, 2.45) is 0 Å². The quantitative estimate of drug-likeness (QED) is 0.310. The Labute approximate surface area is 73.8 Å². The number of ether oxygens (including phenoxy) is 1. The topological polar surface area (TPSA) is 50.1 Å². The maximum absolute atomic E-state index is 10.8. The molecule has 0 rings (SSSR count). The van der Waals surface area contributed by atoms with Crippen molar-refractivity contribution >= 4 is 21.9 Å². The van der Waals surface area contributed by atoms with E-state index in [1.54, 1.807) is 0 Å². The molecular formula is C7H8BrNO2. The lowest BCUT2D eigenvalue weighted by atomic mass is 10.4. The predicted octanol–water partition coefficient (Wildman–Crippen LogP) is 1.39. The molecule has 0 aliphatic carbocycles. The van der Waals surface area contributed by atoms with E-state index < -0.39 is 5.97 Å². The van der Waals surface area contributed by atoms with Crippen LogP contribution in [0, 0.1) is 11.3 Å². The minimum absolute atomic E-state index is 0.140. The van der Waals surface area contributed by atoms with Gasteiger partial charge in [-0.2, -0.15) is 5.26 Å². The van der Waals surface area contributed by atoms with Crippen LogP contribution in [0.3, 0.4) is 0 Å². The van der Waals surface area contributed by atoms with Crippen molar-refractivity contribution in [2.45, 2.75) is 6.42 Å². The molecule has 0 fully saturated rings. The van der Waals surface area contributed by atoms with Gasteiger partial charge in [-0.3, -0.25) is 0 Å². The second-order valence-electron chi connectivity index (χ2n) is 1.78. The van der Waals surface area contributed by atoms with Crippen molar-refractivity contribution in [3.8, 4) is 6.07 Å². The molecule has 0 aromatic heterocycles. The number of nitrogens with zero attached hydrogens (tertiary/aromatic N) is 1. The molecule has 60 valence electrons. The third-order valence-corrected chi connectivity index (χ3v) is 1.57. The molecule has 4 heteroatoms. The number of carbonyl (C=O) groups is 1. The number of esters is 1. The van der Waals surface area contributed by atoms with E-state index >= 15 is 0 Å². The predicted molar refractivity (Wildman–Crippen MR) is 44.1 cm³/mol. The summed E-state index contributed by atoms with van der Waals surface area (Å²) in [6.45, 7) is 3.59. The molecule has 0 saturated heterocycles. The molecule has 0 aromatic rings. The molecule has 11 heavy (non-hydrogen) atoms. The van der Waals surface area contributed by atoms with Crippen molar-refractivity contribution in [1.29, 1.82) is 5.26 Å². The van der Waals surface area contributed by atoms with E-state index in [1.807, 2.05) is 6.07 Å². The zero-order valence-electron chi connectivity index (χ0n) is 5.97. The molecule has 0 amide bonds. The van der Waals surface area contributed by atoms with E-state index in [0.717, 1.165) is 0 Å². The Bertz CT molecular complexity index is 195. The van der Waals surface area contributed by atoms with Gasteiger partial charge in [0.05, 0.1) is 12.5 Å². The normalized spacial score (nSPS) is 8.36. The average molecular weight is 218 g/mol. The van der Waals surface area contributed by atoms with Crippen LogP contribution in [0.1, 0.15) is 6.42 Å². The van der Waals surface area contributed by atoms with E-state index in [9.17, 15) is 4.79 Å². The fourth-order valence-corrected chi connectivity index (χ4v) is 0.575. The third-order valence-electron chi connectivity index (χ3n) is 0.897. The summed E-state index contributed by atoms with van der Waals surface area (Å²) in [7, 11) is 0. The van der Waals surface area contributed by atoms with Crippen LogP contribution in [0.4, 0.5) is 0 Å². The Morgan fingerprint density at radius 1 is 1.73 bits per heavy atom. The molecule has 0 saturated carbocycles. The van der Waals surface area contributed by atoms with Gasteiger partial charge < -0.3 is 4.74 Å². The highest BCUT2D eigenvalue weighted by molar-refractivity contribution is 9.09. The highest BCUT2D eigenvalue weighted by Crippen LogP contribution is 1.99. The van der Waals surface area contributed by atoms with Gasteiger partial charge in [0.2, 0.25) is 0 Å². The molecule has 0 N–H and O–H groups in total. The smallest absolute Gasteiger partial charge is 0.334 e. The summed E-state index contributed by atoms with van der Waals surface area (Å²) in [6.07, 6.45) is 0.224. The van der Waals surface area contributed by atoms with Crippen LogP contribution in [0.15, 0.2) is 12.2 Å². The summed E-state index contributed by atoms with van der Waals surface area (Å²) in [5.41, 5.74) is 0.364. The number of rotatable bonds is 4. The fourth-order valence-electron chi connectivity index (χ4n) is 0.346. The molecule has 0 aliphatic heterocycles. The summed E-state index contributed by atoms with van der Waals surface area (Å²) in [4.78, 5) is 10.8. The Balaban J connectivity index is 3.54. The molecule has 0 unspecified atom stereocenters. The maximum atomic E-state index is 10.8. The number of hydrogen-bond donors (Lipinski definition) is 0. The Hall–Kier alpha value is -0.820. The molecule has 0 aliphatic rings. The lowest BCUT2D eigenvalue weighted by Crippen LogP contribution is -2.08. The highest BCUT2D eigenvalue weighted by Gasteiger charge is 2.05. The number of alkyl halides is 1. The maximum Gasteiger partial charge on any atom is 0.334 e. The number of halogens is 1. The van der Waals surface area contributed by atoms with E-state index in [1.165, 1.54) is 0 Å². The van der Waals surface area contributed by atoms with Crippen molar-refractivity contribution in [3.63, 3.8) is 0 Å². The SMILES string of the molecule is C=C(CBr)C(=O)OCCC#N. The van der Waals surface area contributed by atoms with Gasteiger partial charge in [0, 0.05) is 10.9 Å². The fraction of sp³-hybridized carbons (Fsp3) is 0.429. The van der Waals surface area contributed by atoms with Crippen molar-refractivity contribution in [1.82, 2.24) is 0 Å². The van der Waals surface area contributed by atoms with E-state index in [4.69, 9.17) is 5.26 Å². The first-order valence-electron chi connectivity index (χ1n) is 3.00. The summed E-state index contributed by atoms with van der Waals surface area (Å²) >= 11 is 3.06. The second-order valence-corrected chi connectivity index (χ2v) is 2.34.